The smallest absolute Gasteiger partial charge is 0.326 e. The highest BCUT2D eigenvalue weighted by atomic mass is 16.4. The number of phenolic OH excluding ortho intramolecular Hbond substituents is 1. The number of carboxylic acid groups (broad SMARTS) is 1. The van der Waals surface area contributed by atoms with Gasteiger partial charge in [-0.15, -0.1) is 0 Å². The van der Waals surface area contributed by atoms with Crippen molar-refractivity contribution in [2.75, 3.05) is 39.4 Å². The van der Waals surface area contributed by atoms with Crippen LogP contribution in [0.3, 0.4) is 0 Å². The van der Waals surface area contributed by atoms with E-state index in [1.807, 2.05) is 0 Å². The molecule has 0 unspecified atom stereocenters. The van der Waals surface area contributed by atoms with E-state index in [0.29, 0.717) is 18.4 Å². The van der Waals surface area contributed by atoms with Gasteiger partial charge in [-0.1, -0.05) is 26.0 Å². The number of aromatic hydroxyl groups is 1. The summed E-state index contributed by atoms with van der Waals surface area (Å²) < 4.78 is 0. The summed E-state index contributed by atoms with van der Waals surface area (Å²) in [6, 6.07) is -8.58. The van der Waals surface area contributed by atoms with Crippen LogP contribution in [0.4, 0.5) is 0 Å². The van der Waals surface area contributed by atoms with Gasteiger partial charge in [0, 0.05) is 26.1 Å². The molecule has 83 heavy (non-hydrogen) atoms. The Hall–Kier alpha value is -8.63. The summed E-state index contributed by atoms with van der Waals surface area (Å²) in [6.07, 6.45) is -0.499. The zero-order chi connectivity index (χ0) is 62.8. The number of primary amides is 1. The zero-order valence-corrected chi connectivity index (χ0v) is 46.7. The Bertz CT molecular complexity index is 2380. The lowest BCUT2D eigenvalue weighted by molar-refractivity contribution is -0.143. The van der Waals surface area contributed by atoms with Crippen molar-refractivity contribution >= 4 is 77.0 Å². The van der Waals surface area contributed by atoms with Crippen LogP contribution >= 0.6 is 0 Å². The third-order valence-electron chi connectivity index (χ3n) is 12.0. The number of amides is 9. The summed E-state index contributed by atoms with van der Waals surface area (Å²) >= 11 is 0. The van der Waals surface area contributed by atoms with Gasteiger partial charge in [0.25, 0.3) is 0 Å². The van der Waals surface area contributed by atoms with Gasteiger partial charge in [-0.25, -0.2) is 4.79 Å². The van der Waals surface area contributed by atoms with Crippen molar-refractivity contribution < 1.29 is 68.4 Å². The number of aliphatic hydroxyl groups excluding tert-OH is 2. The molecule has 34 nitrogen and oxygen atoms in total. The number of carboxylic acids is 1. The molecule has 0 aliphatic rings. The van der Waals surface area contributed by atoms with Crippen LogP contribution in [0, 0.1) is 5.92 Å². The Morgan fingerprint density at radius 1 is 0.470 bits per heavy atom. The molecule has 0 aliphatic carbocycles. The monoisotopic (exact) mass is 1180 g/mol. The standard InChI is InChI=1S/C49H86N20O14/c1-25(2)20-32(41(77)62-30(11-7-19-61-49(57)58)40(76)69-36(24-71)45(81)64-31(46(82)83)9-3-4-16-50)65-43(79)34(22-37(52)73)67-42(78)33(21-26-12-14-27(72)15-13-26)66-39(75)29(10-6-18-60-48(55)56)63-44(80)35(23-70)68-38(74)28(51)8-5-17-59-47(53)54/h12-15,25,28-36,70-72H,3-11,16-24,50-51H2,1-2H3,(H2,52,73)(H,62,77)(H,63,80)(H,64,81)(H,65,79)(H,66,75)(H,67,78)(H,68,74)(H,69,76)(H,82,83)(H4,53,54,59)(H4,55,56,60)(H4,57,58,61)/t28-,29-,30-,31-,32-,33-,34-,35-,36-/m0/s1. The first kappa shape index (κ1) is 72.4. The lowest BCUT2D eigenvalue weighted by Crippen LogP contribution is -2.61. The lowest BCUT2D eigenvalue weighted by atomic mass is 10.0. The molecular weight excluding hydrogens is 1090 g/mol. The van der Waals surface area contributed by atoms with Crippen LogP contribution in [0.2, 0.25) is 0 Å². The van der Waals surface area contributed by atoms with E-state index in [9.17, 15) is 68.4 Å². The van der Waals surface area contributed by atoms with Gasteiger partial charge in [0.05, 0.1) is 25.7 Å². The fraction of sp³-hybridized carbons (Fsp3) is 0.612. The van der Waals surface area contributed by atoms with E-state index in [-0.39, 0.29) is 114 Å². The number of aliphatic hydroxyl groups is 2. The zero-order valence-electron chi connectivity index (χ0n) is 46.7. The fourth-order valence-electron chi connectivity index (χ4n) is 7.71. The van der Waals surface area contributed by atoms with E-state index in [4.69, 9.17) is 51.6 Å². The Labute approximate surface area is 479 Å². The molecule has 0 aromatic heterocycles. The number of nitrogens with one attached hydrogen (secondary N) is 8. The van der Waals surface area contributed by atoms with Gasteiger partial charge >= 0.3 is 5.97 Å². The van der Waals surface area contributed by atoms with Gasteiger partial charge in [0.2, 0.25) is 53.2 Å². The Balaban J connectivity index is 3.63. The van der Waals surface area contributed by atoms with Crippen LogP contribution in [-0.2, 0) is 54.4 Å². The van der Waals surface area contributed by atoms with Crippen molar-refractivity contribution in [1.82, 2.24) is 42.5 Å². The number of aliphatic carboxylic acids is 1. The van der Waals surface area contributed by atoms with Crippen molar-refractivity contribution in [3.8, 4) is 5.75 Å². The van der Waals surface area contributed by atoms with Crippen molar-refractivity contribution in [2.45, 2.75) is 145 Å². The molecule has 9 atom stereocenters. The number of unbranched alkanes of at least 4 members (excludes halogenated alkanes) is 1. The van der Waals surface area contributed by atoms with Gasteiger partial charge in [0.15, 0.2) is 17.9 Å². The molecule has 1 aromatic rings. The van der Waals surface area contributed by atoms with Crippen LogP contribution < -0.4 is 94.1 Å². The van der Waals surface area contributed by atoms with E-state index >= 15 is 0 Å². The number of phenols is 1. The second-order valence-electron chi connectivity index (χ2n) is 19.6. The number of nitrogens with two attached hydrogens (primary N) is 9. The molecule has 0 spiro atoms. The van der Waals surface area contributed by atoms with Crippen LogP contribution in [0.1, 0.15) is 90.0 Å². The number of hydrogen-bond donors (Lipinski definition) is 21. The number of rotatable bonds is 41. The maximum atomic E-state index is 14.4. The topological polar surface area (TPSA) is 619 Å². The second-order valence-corrected chi connectivity index (χ2v) is 19.6. The molecule has 466 valence electrons. The molecule has 9 amide bonds. The average molecular weight is 1180 g/mol. The predicted octanol–water partition coefficient (Wildman–Crippen LogP) is -8.58. The SMILES string of the molecule is CC(C)C[C@H](NC(=O)[C@H](CC(N)=O)NC(=O)[C@H](Cc1ccc(O)cc1)NC(=O)[C@H](CCCN=C(N)N)NC(=O)[C@H](CO)NC(=O)[C@@H](N)CCCN=C(N)N)C(=O)N[C@@H](CCCN=C(N)N)C(=O)N[C@@H](CO)C(=O)N[C@@H](CCCCN)C(=O)O. The van der Waals surface area contributed by atoms with Crippen molar-refractivity contribution in [3.05, 3.63) is 29.8 Å². The Morgan fingerprint density at radius 2 is 0.831 bits per heavy atom. The molecular formula is C49H86N20O14. The number of carbonyl (C=O) groups excluding carboxylic acids is 9. The van der Waals surface area contributed by atoms with Gasteiger partial charge in [-0.3, -0.25) is 58.1 Å². The van der Waals surface area contributed by atoms with E-state index in [1.165, 1.54) is 24.3 Å². The lowest BCUT2D eigenvalue weighted by Gasteiger charge is -2.28. The molecule has 0 heterocycles. The van der Waals surface area contributed by atoms with Crippen LogP contribution in [0.15, 0.2) is 39.2 Å². The molecule has 30 N–H and O–H groups in total. The van der Waals surface area contributed by atoms with Crippen molar-refractivity contribution in [2.24, 2.45) is 72.5 Å². The number of guanidine groups is 3. The summed E-state index contributed by atoms with van der Waals surface area (Å²) in [6.45, 7) is 1.76. The molecule has 0 bridgehead atoms. The van der Waals surface area contributed by atoms with Gasteiger partial charge in [-0.05, 0) is 94.4 Å². The molecule has 0 fully saturated rings. The maximum absolute atomic E-state index is 14.4. The quantitative estimate of drug-likeness (QED) is 0.0164. The Morgan fingerprint density at radius 3 is 1.27 bits per heavy atom. The van der Waals surface area contributed by atoms with Crippen LogP contribution in [0.5, 0.6) is 5.75 Å². The van der Waals surface area contributed by atoms with E-state index < -0.39 is 133 Å². The molecule has 1 rings (SSSR count). The average Bonchev–Trinajstić information content (AvgIpc) is 3.50. The predicted molar refractivity (Wildman–Crippen MR) is 303 cm³/mol. The third kappa shape index (κ3) is 30.1. The number of aliphatic imine (C=N–C) groups is 3. The number of benzene rings is 1. The first-order valence-electron chi connectivity index (χ1n) is 26.7. The van der Waals surface area contributed by atoms with Gasteiger partial charge in [0.1, 0.15) is 54.1 Å². The second kappa shape index (κ2) is 38.9. The van der Waals surface area contributed by atoms with E-state index in [1.54, 1.807) is 13.8 Å². The molecule has 0 saturated heterocycles. The summed E-state index contributed by atoms with van der Waals surface area (Å²) in [5, 5.41) is 59.2. The van der Waals surface area contributed by atoms with Crippen molar-refractivity contribution in [1.29, 1.82) is 0 Å². The summed E-state index contributed by atoms with van der Waals surface area (Å²) in [7, 11) is 0. The largest absolute Gasteiger partial charge is 0.508 e. The minimum atomic E-state index is -1.85. The molecule has 34 heteroatoms. The first-order chi connectivity index (χ1) is 39.1. The number of nitrogens with zero attached hydrogens (tertiary/aromatic N) is 3. The van der Waals surface area contributed by atoms with Gasteiger partial charge < -0.3 is 115 Å². The highest BCUT2D eigenvalue weighted by molar-refractivity contribution is 5.99. The molecule has 0 saturated carbocycles. The highest BCUT2D eigenvalue weighted by Gasteiger charge is 2.36. The summed E-state index contributed by atoms with van der Waals surface area (Å²) in [4.78, 5) is 147. The van der Waals surface area contributed by atoms with E-state index in [0.717, 1.165) is 0 Å². The Kier molecular flexibility index (Phi) is 33.9. The summed E-state index contributed by atoms with van der Waals surface area (Å²) in [5.41, 5.74) is 49.9. The first-order valence-corrected chi connectivity index (χ1v) is 26.7. The van der Waals surface area contributed by atoms with Crippen LogP contribution in [-0.4, -0.2) is 191 Å². The molecule has 0 aliphatic heterocycles. The normalized spacial score (nSPS) is 14.2. The minimum absolute atomic E-state index is 0.0104. The van der Waals surface area contributed by atoms with Crippen molar-refractivity contribution in [3.63, 3.8) is 0 Å². The number of carbonyl (C=O) groups is 10. The summed E-state index contributed by atoms with van der Waals surface area (Å²) in [5.74, 6) is -12.0. The number of hydrogen-bond acceptors (Lipinski definition) is 18. The maximum Gasteiger partial charge on any atom is 0.326 e. The molecule has 0 radical (unpaired) electrons. The molecule has 1 aromatic carbocycles. The fourth-order valence-corrected chi connectivity index (χ4v) is 7.71. The highest BCUT2D eigenvalue weighted by Crippen LogP contribution is 2.14. The minimum Gasteiger partial charge on any atom is -0.508 e. The third-order valence-corrected chi connectivity index (χ3v) is 12.0. The van der Waals surface area contributed by atoms with E-state index in [2.05, 4.69) is 57.5 Å². The van der Waals surface area contributed by atoms with Gasteiger partial charge in [-0.2, -0.15) is 0 Å². The van der Waals surface area contributed by atoms with Crippen LogP contribution in [0.25, 0.3) is 0 Å².